The molecule has 0 spiro atoms. The predicted octanol–water partition coefficient (Wildman–Crippen LogP) is 4.36. The highest BCUT2D eigenvalue weighted by Crippen LogP contribution is 2.33. The minimum absolute atomic E-state index is 0.101. The van der Waals surface area contributed by atoms with Gasteiger partial charge in [0, 0.05) is 41.8 Å². The Morgan fingerprint density at radius 1 is 1.07 bits per heavy atom. The molecule has 5 nitrogen and oxygen atoms in total. The van der Waals surface area contributed by atoms with Crippen LogP contribution >= 0.6 is 0 Å². The SMILES string of the molecule is O=C(Cc1ccccc1)c1cc2cc3c(C4CCOCC4)n[nH]c3cc2[nH]1. The number of Topliss-reactive ketones (excluding diaryl/α,β-unsaturated/α-hetero) is 1. The Labute approximate surface area is 156 Å². The Balaban J connectivity index is 1.49. The summed E-state index contributed by atoms with van der Waals surface area (Å²) in [6, 6.07) is 16.0. The van der Waals surface area contributed by atoms with Crippen LogP contribution in [0.2, 0.25) is 0 Å². The number of ether oxygens (including phenoxy) is 1. The molecule has 2 aromatic heterocycles. The van der Waals surface area contributed by atoms with Gasteiger partial charge in [-0.25, -0.2) is 0 Å². The lowest BCUT2D eigenvalue weighted by molar-refractivity contribution is 0.0847. The first-order valence-electron chi connectivity index (χ1n) is 9.43. The van der Waals surface area contributed by atoms with Crippen molar-refractivity contribution in [3.05, 3.63) is 65.5 Å². The number of hydrogen-bond donors (Lipinski definition) is 2. The van der Waals surface area contributed by atoms with Crippen LogP contribution < -0.4 is 0 Å². The first-order chi connectivity index (χ1) is 13.3. The van der Waals surface area contributed by atoms with Gasteiger partial charge >= 0.3 is 0 Å². The van der Waals surface area contributed by atoms with Crippen molar-refractivity contribution in [1.29, 1.82) is 0 Å². The van der Waals surface area contributed by atoms with Gasteiger partial charge in [-0.1, -0.05) is 30.3 Å². The molecule has 136 valence electrons. The number of fused-ring (bicyclic) bond motifs is 2. The van der Waals surface area contributed by atoms with Crippen molar-refractivity contribution >= 4 is 27.6 Å². The van der Waals surface area contributed by atoms with Crippen LogP contribution in [-0.2, 0) is 11.2 Å². The average Bonchev–Trinajstić information content (AvgIpc) is 3.31. The second-order valence-electron chi connectivity index (χ2n) is 7.25. The van der Waals surface area contributed by atoms with Gasteiger partial charge in [0.2, 0.25) is 0 Å². The van der Waals surface area contributed by atoms with E-state index in [0.29, 0.717) is 18.0 Å². The maximum atomic E-state index is 12.7. The van der Waals surface area contributed by atoms with E-state index >= 15 is 0 Å². The normalized spacial score (nSPS) is 15.6. The largest absolute Gasteiger partial charge is 0.381 e. The van der Waals surface area contributed by atoms with Crippen LogP contribution in [-0.4, -0.2) is 34.2 Å². The number of ketones is 1. The molecule has 2 N–H and O–H groups in total. The van der Waals surface area contributed by atoms with Crippen molar-refractivity contribution in [2.75, 3.05) is 13.2 Å². The molecule has 27 heavy (non-hydrogen) atoms. The fraction of sp³-hybridized carbons (Fsp3) is 0.273. The molecule has 0 atom stereocenters. The van der Waals surface area contributed by atoms with E-state index in [2.05, 4.69) is 27.3 Å². The second kappa shape index (κ2) is 6.67. The number of benzene rings is 2. The zero-order valence-electron chi connectivity index (χ0n) is 15.0. The fourth-order valence-electron chi connectivity index (χ4n) is 3.97. The van der Waals surface area contributed by atoms with E-state index in [1.165, 1.54) is 0 Å². The Hall–Kier alpha value is -2.92. The van der Waals surface area contributed by atoms with Crippen LogP contribution in [0.5, 0.6) is 0 Å². The van der Waals surface area contributed by atoms with E-state index in [9.17, 15) is 4.79 Å². The van der Waals surface area contributed by atoms with Gasteiger partial charge < -0.3 is 9.72 Å². The summed E-state index contributed by atoms with van der Waals surface area (Å²) in [4.78, 5) is 15.9. The molecular formula is C22H21N3O2. The summed E-state index contributed by atoms with van der Waals surface area (Å²) in [7, 11) is 0. The van der Waals surface area contributed by atoms with Crippen LogP contribution in [0.4, 0.5) is 0 Å². The summed E-state index contributed by atoms with van der Waals surface area (Å²) in [5.41, 5.74) is 4.77. The second-order valence-corrected chi connectivity index (χ2v) is 7.25. The molecule has 3 heterocycles. The summed E-state index contributed by atoms with van der Waals surface area (Å²) < 4.78 is 5.48. The number of aromatic nitrogens is 3. The number of rotatable bonds is 4. The number of hydrogen-bond acceptors (Lipinski definition) is 3. The highest BCUT2D eigenvalue weighted by molar-refractivity contribution is 6.03. The summed E-state index contributed by atoms with van der Waals surface area (Å²) >= 11 is 0. The maximum absolute atomic E-state index is 12.7. The van der Waals surface area contributed by atoms with Crippen molar-refractivity contribution < 1.29 is 9.53 Å². The van der Waals surface area contributed by atoms with E-state index < -0.39 is 0 Å². The summed E-state index contributed by atoms with van der Waals surface area (Å²) in [6.07, 6.45) is 2.41. The third-order valence-corrected chi connectivity index (χ3v) is 5.45. The first kappa shape index (κ1) is 16.3. The molecule has 5 heteroatoms. The zero-order valence-corrected chi connectivity index (χ0v) is 15.0. The smallest absolute Gasteiger partial charge is 0.183 e. The van der Waals surface area contributed by atoms with Crippen molar-refractivity contribution in [1.82, 2.24) is 15.2 Å². The monoisotopic (exact) mass is 359 g/mol. The molecule has 0 saturated carbocycles. The van der Waals surface area contributed by atoms with Crippen molar-refractivity contribution in [3.8, 4) is 0 Å². The lowest BCUT2D eigenvalue weighted by atomic mass is 9.94. The standard InChI is InChI=1S/C22H21N3O2/c26-21(10-14-4-2-1-3-5-14)20-12-16-11-17-19(13-18(16)23-20)24-25-22(17)15-6-8-27-9-7-15/h1-5,11-13,15,23H,6-10H2,(H,24,25). The van der Waals surface area contributed by atoms with Crippen molar-refractivity contribution in [2.24, 2.45) is 0 Å². The number of aromatic amines is 2. The molecule has 4 aromatic rings. The molecule has 0 aliphatic carbocycles. The van der Waals surface area contributed by atoms with E-state index in [-0.39, 0.29) is 5.78 Å². The zero-order chi connectivity index (χ0) is 18.2. The Morgan fingerprint density at radius 2 is 1.89 bits per heavy atom. The summed E-state index contributed by atoms with van der Waals surface area (Å²) in [6.45, 7) is 1.59. The molecule has 1 fully saturated rings. The van der Waals surface area contributed by atoms with Crippen molar-refractivity contribution in [3.63, 3.8) is 0 Å². The molecule has 2 aromatic carbocycles. The van der Waals surface area contributed by atoms with Gasteiger partial charge in [-0.2, -0.15) is 5.10 Å². The molecule has 0 amide bonds. The van der Waals surface area contributed by atoms with E-state index in [1.54, 1.807) is 0 Å². The van der Waals surface area contributed by atoms with Crippen LogP contribution in [0.3, 0.4) is 0 Å². The van der Waals surface area contributed by atoms with Gasteiger partial charge in [-0.15, -0.1) is 0 Å². The van der Waals surface area contributed by atoms with Crippen LogP contribution in [0, 0.1) is 0 Å². The van der Waals surface area contributed by atoms with Crippen LogP contribution in [0.1, 0.15) is 40.5 Å². The Morgan fingerprint density at radius 3 is 2.70 bits per heavy atom. The minimum Gasteiger partial charge on any atom is -0.381 e. The van der Waals surface area contributed by atoms with E-state index in [4.69, 9.17) is 4.74 Å². The van der Waals surface area contributed by atoms with Crippen LogP contribution in [0.25, 0.3) is 21.8 Å². The molecule has 0 unspecified atom stereocenters. The minimum atomic E-state index is 0.101. The van der Waals surface area contributed by atoms with Gasteiger partial charge in [0.1, 0.15) is 0 Å². The van der Waals surface area contributed by atoms with E-state index in [0.717, 1.165) is 59.1 Å². The number of nitrogens with one attached hydrogen (secondary N) is 2. The fourth-order valence-corrected chi connectivity index (χ4v) is 3.97. The highest BCUT2D eigenvalue weighted by Gasteiger charge is 2.21. The third kappa shape index (κ3) is 3.04. The molecule has 0 radical (unpaired) electrons. The molecule has 1 aliphatic rings. The number of carbonyl (C=O) groups excluding carboxylic acids is 1. The first-order valence-corrected chi connectivity index (χ1v) is 9.43. The molecule has 1 saturated heterocycles. The van der Waals surface area contributed by atoms with Gasteiger partial charge in [-0.3, -0.25) is 9.89 Å². The average molecular weight is 359 g/mol. The Bertz CT molecular complexity index is 1100. The third-order valence-electron chi connectivity index (χ3n) is 5.45. The molecular weight excluding hydrogens is 338 g/mol. The van der Waals surface area contributed by atoms with Gasteiger partial charge in [-0.05, 0) is 36.6 Å². The lowest BCUT2D eigenvalue weighted by Gasteiger charge is -2.20. The molecule has 5 rings (SSSR count). The summed E-state index contributed by atoms with van der Waals surface area (Å²) in [5, 5.41) is 9.93. The molecule has 1 aliphatic heterocycles. The van der Waals surface area contributed by atoms with Gasteiger partial charge in [0.05, 0.1) is 16.9 Å². The van der Waals surface area contributed by atoms with E-state index in [1.807, 2.05) is 36.4 Å². The topological polar surface area (TPSA) is 70.8 Å². The number of H-pyrrole nitrogens is 2. The number of nitrogens with zero attached hydrogens (tertiary/aromatic N) is 1. The summed E-state index contributed by atoms with van der Waals surface area (Å²) in [5.74, 6) is 0.534. The highest BCUT2D eigenvalue weighted by atomic mass is 16.5. The molecule has 0 bridgehead atoms. The predicted molar refractivity (Wildman–Crippen MR) is 105 cm³/mol. The van der Waals surface area contributed by atoms with Gasteiger partial charge in [0.25, 0.3) is 0 Å². The maximum Gasteiger partial charge on any atom is 0.183 e. The number of carbonyl (C=O) groups is 1. The quantitative estimate of drug-likeness (QED) is 0.532. The van der Waals surface area contributed by atoms with Crippen molar-refractivity contribution in [2.45, 2.75) is 25.2 Å². The van der Waals surface area contributed by atoms with Gasteiger partial charge in [0.15, 0.2) is 5.78 Å². The Kier molecular flexibility index (Phi) is 4.02. The lowest BCUT2D eigenvalue weighted by Crippen LogP contribution is -2.14. The van der Waals surface area contributed by atoms with Crippen LogP contribution in [0.15, 0.2) is 48.5 Å².